The van der Waals surface area contributed by atoms with Gasteiger partial charge in [-0.1, -0.05) is 0 Å². The number of carbonyl (C=O) groups excluding carboxylic acids is 2. The summed E-state index contributed by atoms with van der Waals surface area (Å²) in [5.74, 6) is 0.473. The van der Waals surface area contributed by atoms with Crippen molar-refractivity contribution in [3.05, 3.63) is 16.0 Å². The summed E-state index contributed by atoms with van der Waals surface area (Å²) in [7, 11) is 0. The Labute approximate surface area is 145 Å². The van der Waals surface area contributed by atoms with E-state index in [1.165, 1.54) is 24.2 Å². The number of rotatable bonds is 5. The van der Waals surface area contributed by atoms with Gasteiger partial charge in [-0.05, 0) is 56.4 Å². The first-order chi connectivity index (χ1) is 11.7. The lowest BCUT2D eigenvalue weighted by Gasteiger charge is -2.17. The largest absolute Gasteiger partial charge is 0.352 e. The zero-order valence-electron chi connectivity index (χ0n) is 13.6. The van der Waals surface area contributed by atoms with Crippen LogP contribution >= 0.6 is 11.3 Å². The molecule has 0 saturated heterocycles. The third kappa shape index (κ3) is 3.05. The molecule has 1 atom stereocenters. The molecule has 1 aromatic rings. The van der Waals surface area contributed by atoms with E-state index in [0.717, 1.165) is 42.5 Å². The molecule has 0 spiro atoms. The lowest BCUT2D eigenvalue weighted by Crippen LogP contribution is -2.28. The van der Waals surface area contributed by atoms with E-state index in [-0.39, 0.29) is 23.7 Å². The Morgan fingerprint density at radius 2 is 2.00 bits per heavy atom. The summed E-state index contributed by atoms with van der Waals surface area (Å²) >= 11 is 1.43. The van der Waals surface area contributed by atoms with Gasteiger partial charge >= 0.3 is 0 Å². The molecule has 1 unspecified atom stereocenters. The summed E-state index contributed by atoms with van der Waals surface area (Å²) in [6, 6.07) is 2.35. The van der Waals surface area contributed by atoms with Crippen LogP contribution in [-0.2, 0) is 11.2 Å². The minimum atomic E-state index is -0.152. The minimum absolute atomic E-state index is 0.0124. The predicted octanol–water partition coefficient (Wildman–Crippen LogP) is 3.18. The molecular weight excluding hydrogens is 322 g/mol. The number of nitriles is 1. The second kappa shape index (κ2) is 6.21. The van der Waals surface area contributed by atoms with Crippen LogP contribution in [0.2, 0.25) is 0 Å². The van der Waals surface area contributed by atoms with Gasteiger partial charge in [0.15, 0.2) is 0 Å². The van der Waals surface area contributed by atoms with Crippen LogP contribution in [-0.4, -0.2) is 18.4 Å². The summed E-state index contributed by atoms with van der Waals surface area (Å²) in [6.07, 6.45) is 6.80. The van der Waals surface area contributed by atoms with Crippen molar-refractivity contribution in [1.82, 2.24) is 5.32 Å². The Morgan fingerprint density at radius 3 is 2.67 bits per heavy atom. The van der Waals surface area contributed by atoms with E-state index in [4.69, 9.17) is 0 Å². The molecule has 0 radical (unpaired) electrons. The first-order valence-corrected chi connectivity index (χ1v) is 9.63. The van der Waals surface area contributed by atoms with Gasteiger partial charge in [-0.25, -0.2) is 0 Å². The van der Waals surface area contributed by atoms with E-state index in [2.05, 4.69) is 16.7 Å². The summed E-state index contributed by atoms with van der Waals surface area (Å²) < 4.78 is 0. The minimum Gasteiger partial charge on any atom is -0.352 e. The van der Waals surface area contributed by atoms with Gasteiger partial charge in [0.25, 0.3) is 5.91 Å². The van der Waals surface area contributed by atoms with Gasteiger partial charge in [0.05, 0.1) is 17.6 Å². The molecule has 0 aliphatic heterocycles. The second-order valence-corrected chi connectivity index (χ2v) is 8.19. The SMILES string of the molecule is N#CC1CCCc2c1sc(NC(=O)C1CC1)c2C(=O)NCC1CC1. The number of nitrogens with one attached hydrogen (secondary N) is 2. The van der Waals surface area contributed by atoms with Gasteiger partial charge in [0, 0.05) is 17.3 Å². The van der Waals surface area contributed by atoms with E-state index in [0.29, 0.717) is 23.0 Å². The molecule has 24 heavy (non-hydrogen) atoms. The van der Waals surface area contributed by atoms with Crippen LogP contribution in [0.1, 0.15) is 65.2 Å². The molecule has 2 saturated carbocycles. The molecule has 0 bridgehead atoms. The lowest BCUT2D eigenvalue weighted by atomic mass is 9.88. The van der Waals surface area contributed by atoms with Crippen LogP contribution in [0.5, 0.6) is 0 Å². The average molecular weight is 343 g/mol. The van der Waals surface area contributed by atoms with Gasteiger partial charge in [0.1, 0.15) is 5.00 Å². The van der Waals surface area contributed by atoms with Crippen molar-refractivity contribution in [3.8, 4) is 6.07 Å². The molecule has 6 heteroatoms. The zero-order chi connectivity index (χ0) is 16.7. The summed E-state index contributed by atoms with van der Waals surface area (Å²) in [6.45, 7) is 0.709. The number of thiophene rings is 1. The molecule has 3 aliphatic rings. The predicted molar refractivity (Wildman–Crippen MR) is 92.0 cm³/mol. The van der Waals surface area contributed by atoms with E-state index >= 15 is 0 Å². The van der Waals surface area contributed by atoms with Crippen LogP contribution in [0.4, 0.5) is 5.00 Å². The van der Waals surface area contributed by atoms with Crippen molar-refractivity contribution in [1.29, 1.82) is 5.26 Å². The number of anilines is 1. The van der Waals surface area contributed by atoms with Gasteiger partial charge in [-0.3, -0.25) is 9.59 Å². The Bertz CT molecular complexity index is 725. The van der Waals surface area contributed by atoms with Gasteiger partial charge in [-0.15, -0.1) is 11.3 Å². The van der Waals surface area contributed by atoms with Gasteiger partial charge in [-0.2, -0.15) is 5.26 Å². The molecule has 3 aliphatic carbocycles. The van der Waals surface area contributed by atoms with Crippen LogP contribution in [0.25, 0.3) is 0 Å². The highest BCUT2D eigenvalue weighted by Crippen LogP contribution is 2.44. The highest BCUT2D eigenvalue weighted by molar-refractivity contribution is 7.17. The highest BCUT2D eigenvalue weighted by atomic mass is 32.1. The Morgan fingerprint density at radius 1 is 1.21 bits per heavy atom. The maximum Gasteiger partial charge on any atom is 0.254 e. The van der Waals surface area contributed by atoms with Crippen LogP contribution in [0, 0.1) is 23.2 Å². The molecule has 126 valence electrons. The van der Waals surface area contributed by atoms with Crippen molar-refractivity contribution >= 4 is 28.2 Å². The van der Waals surface area contributed by atoms with E-state index < -0.39 is 0 Å². The van der Waals surface area contributed by atoms with Crippen LogP contribution in [0.3, 0.4) is 0 Å². The molecule has 1 aromatic heterocycles. The van der Waals surface area contributed by atoms with Crippen molar-refractivity contribution in [3.63, 3.8) is 0 Å². The summed E-state index contributed by atoms with van der Waals surface area (Å²) in [4.78, 5) is 25.9. The number of carbonyl (C=O) groups is 2. The zero-order valence-corrected chi connectivity index (χ0v) is 14.4. The van der Waals surface area contributed by atoms with E-state index in [9.17, 15) is 14.9 Å². The van der Waals surface area contributed by atoms with Crippen molar-refractivity contribution in [2.24, 2.45) is 11.8 Å². The van der Waals surface area contributed by atoms with E-state index in [1.807, 2.05) is 0 Å². The standard InChI is InChI=1S/C18H21N3O2S/c19-8-12-2-1-3-13-14(17(23)20-9-10-4-5-10)18(24-15(12)13)21-16(22)11-6-7-11/h10-12H,1-7,9H2,(H,20,23)(H,21,22). The fraction of sp³-hybridized carbons (Fsp3) is 0.611. The fourth-order valence-corrected chi connectivity index (χ4v) is 4.61. The topological polar surface area (TPSA) is 82.0 Å². The summed E-state index contributed by atoms with van der Waals surface area (Å²) in [5.41, 5.74) is 1.60. The van der Waals surface area contributed by atoms with Crippen molar-refractivity contribution < 1.29 is 9.59 Å². The second-order valence-electron chi connectivity index (χ2n) is 7.14. The molecule has 2 amide bonds. The number of hydrogen-bond donors (Lipinski definition) is 2. The smallest absolute Gasteiger partial charge is 0.254 e. The fourth-order valence-electron chi connectivity index (χ4n) is 3.28. The Kier molecular flexibility index (Phi) is 4.05. The molecule has 4 rings (SSSR count). The van der Waals surface area contributed by atoms with Crippen molar-refractivity contribution in [2.45, 2.75) is 50.9 Å². The first-order valence-electron chi connectivity index (χ1n) is 8.81. The number of fused-ring (bicyclic) bond motifs is 1. The Balaban J connectivity index is 1.64. The number of amides is 2. The molecule has 0 aromatic carbocycles. The maximum absolute atomic E-state index is 12.8. The number of hydrogen-bond acceptors (Lipinski definition) is 4. The Hall–Kier alpha value is -1.87. The van der Waals surface area contributed by atoms with E-state index in [1.54, 1.807) is 0 Å². The molecule has 2 N–H and O–H groups in total. The lowest BCUT2D eigenvalue weighted by molar-refractivity contribution is -0.117. The van der Waals surface area contributed by atoms with Gasteiger partial charge in [0.2, 0.25) is 5.91 Å². The third-order valence-electron chi connectivity index (χ3n) is 5.09. The molecule has 1 heterocycles. The molecule has 2 fully saturated rings. The average Bonchev–Trinajstić information content (AvgIpc) is 3.48. The quantitative estimate of drug-likeness (QED) is 0.861. The number of nitrogens with zero attached hydrogens (tertiary/aromatic N) is 1. The maximum atomic E-state index is 12.8. The first kappa shape index (κ1) is 15.6. The molecular formula is C18H21N3O2S. The normalized spacial score (nSPS) is 22.4. The summed E-state index contributed by atoms with van der Waals surface area (Å²) in [5, 5.41) is 16.0. The monoisotopic (exact) mass is 343 g/mol. The van der Waals surface area contributed by atoms with Crippen molar-refractivity contribution in [2.75, 3.05) is 11.9 Å². The van der Waals surface area contributed by atoms with Gasteiger partial charge < -0.3 is 10.6 Å². The third-order valence-corrected chi connectivity index (χ3v) is 6.35. The molecule has 5 nitrogen and oxygen atoms in total. The van der Waals surface area contributed by atoms with Crippen LogP contribution < -0.4 is 10.6 Å². The highest BCUT2D eigenvalue weighted by Gasteiger charge is 2.34. The van der Waals surface area contributed by atoms with Crippen LogP contribution in [0.15, 0.2) is 0 Å².